The standard InChI is InChI=1S/C15H23ClN4O/c1-11(10-20-5-3-4-6-20)8-19-15(21)12-7-14(17-2)18-9-13(12)16/h7,9,11H,3-6,8,10H2,1-2H3,(H,17,18)(H,19,21). The Labute approximate surface area is 131 Å². The molecule has 5 nitrogen and oxygen atoms in total. The average Bonchev–Trinajstić information content (AvgIpc) is 2.98. The Hall–Kier alpha value is -1.33. The first-order valence-electron chi connectivity index (χ1n) is 7.44. The maximum Gasteiger partial charge on any atom is 0.253 e. The van der Waals surface area contributed by atoms with Gasteiger partial charge in [0.15, 0.2) is 0 Å². The monoisotopic (exact) mass is 310 g/mol. The molecule has 6 heteroatoms. The molecule has 21 heavy (non-hydrogen) atoms. The molecule has 2 rings (SSSR count). The highest BCUT2D eigenvalue weighted by Gasteiger charge is 2.16. The van der Waals surface area contributed by atoms with E-state index in [9.17, 15) is 4.79 Å². The van der Waals surface area contributed by atoms with Crippen molar-refractivity contribution in [2.45, 2.75) is 19.8 Å². The molecule has 2 heterocycles. The van der Waals surface area contributed by atoms with Gasteiger partial charge in [0.25, 0.3) is 5.91 Å². The molecule has 1 aromatic heterocycles. The van der Waals surface area contributed by atoms with Crippen molar-refractivity contribution < 1.29 is 4.79 Å². The zero-order valence-electron chi connectivity index (χ0n) is 12.7. The fourth-order valence-electron chi connectivity index (χ4n) is 2.58. The first kappa shape index (κ1) is 16.0. The van der Waals surface area contributed by atoms with E-state index >= 15 is 0 Å². The van der Waals surface area contributed by atoms with E-state index in [2.05, 4.69) is 27.4 Å². The number of likely N-dealkylation sites (tertiary alicyclic amines) is 1. The number of halogens is 1. The van der Waals surface area contributed by atoms with E-state index in [4.69, 9.17) is 11.6 Å². The zero-order chi connectivity index (χ0) is 15.2. The molecule has 1 atom stereocenters. The lowest BCUT2D eigenvalue weighted by Crippen LogP contribution is -2.34. The van der Waals surface area contributed by atoms with Gasteiger partial charge in [0.2, 0.25) is 0 Å². The van der Waals surface area contributed by atoms with Gasteiger partial charge in [-0.3, -0.25) is 4.79 Å². The van der Waals surface area contributed by atoms with Gasteiger partial charge in [-0.05, 0) is 37.9 Å². The number of amides is 1. The van der Waals surface area contributed by atoms with E-state index in [1.165, 1.54) is 32.1 Å². The summed E-state index contributed by atoms with van der Waals surface area (Å²) in [7, 11) is 1.76. The highest BCUT2D eigenvalue weighted by Crippen LogP contribution is 2.17. The molecule has 1 fully saturated rings. The van der Waals surface area contributed by atoms with E-state index in [1.54, 1.807) is 13.1 Å². The number of nitrogens with zero attached hydrogens (tertiary/aromatic N) is 2. The summed E-state index contributed by atoms with van der Waals surface area (Å²) >= 11 is 6.04. The van der Waals surface area contributed by atoms with Gasteiger partial charge in [0.1, 0.15) is 5.82 Å². The van der Waals surface area contributed by atoms with Crippen molar-refractivity contribution in [3.8, 4) is 0 Å². The number of rotatable bonds is 6. The van der Waals surface area contributed by atoms with Crippen LogP contribution in [-0.4, -0.2) is 49.0 Å². The number of nitrogens with one attached hydrogen (secondary N) is 2. The number of aromatic nitrogens is 1. The van der Waals surface area contributed by atoms with Crippen molar-refractivity contribution in [2.24, 2.45) is 5.92 Å². The van der Waals surface area contributed by atoms with Crippen LogP contribution in [-0.2, 0) is 0 Å². The molecule has 116 valence electrons. The van der Waals surface area contributed by atoms with E-state index in [1.807, 2.05) is 0 Å². The van der Waals surface area contributed by atoms with Crippen LogP contribution >= 0.6 is 11.6 Å². The summed E-state index contributed by atoms with van der Waals surface area (Å²) in [5.74, 6) is 0.915. The molecule has 1 aliphatic rings. The number of hydrogen-bond acceptors (Lipinski definition) is 4. The fourth-order valence-corrected chi connectivity index (χ4v) is 2.77. The molecule has 1 unspecified atom stereocenters. The summed E-state index contributed by atoms with van der Waals surface area (Å²) in [6.45, 7) is 6.21. The Morgan fingerprint density at radius 1 is 1.48 bits per heavy atom. The van der Waals surface area contributed by atoms with Crippen molar-refractivity contribution in [3.05, 3.63) is 22.8 Å². The summed E-state index contributed by atoms with van der Waals surface area (Å²) in [6.07, 6.45) is 4.08. The molecule has 1 saturated heterocycles. The Bertz CT molecular complexity index is 489. The summed E-state index contributed by atoms with van der Waals surface area (Å²) in [5.41, 5.74) is 0.462. The highest BCUT2D eigenvalue weighted by atomic mass is 35.5. The van der Waals surface area contributed by atoms with Gasteiger partial charge in [0.05, 0.1) is 10.6 Å². The Morgan fingerprint density at radius 2 is 2.19 bits per heavy atom. The fraction of sp³-hybridized carbons (Fsp3) is 0.600. The SMILES string of the molecule is CNc1cc(C(=O)NCC(C)CN2CCCC2)c(Cl)cn1. The third kappa shape index (κ3) is 4.58. The molecule has 1 aliphatic heterocycles. The molecule has 0 aliphatic carbocycles. The number of carbonyl (C=O) groups excluding carboxylic acids is 1. The van der Waals surface area contributed by atoms with Crippen molar-refractivity contribution in [2.75, 3.05) is 38.5 Å². The molecule has 2 N–H and O–H groups in total. The highest BCUT2D eigenvalue weighted by molar-refractivity contribution is 6.33. The summed E-state index contributed by atoms with van der Waals surface area (Å²) in [4.78, 5) is 18.7. The molecule has 0 bridgehead atoms. The van der Waals surface area contributed by atoms with E-state index in [-0.39, 0.29) is 5.91 Å². The van der Waals surface area contributed by atoms with Crippen LogP contribution in [0.5, 0.6) is 0 Å². The van der Waals surface area contributed by atoms with Gasteiger partial charge in [-0.25, -0.2) is 4.98 Å². The van der Waals surface area contributed by atoms with E-state index in [0.29, 0.717) is 28.9 Å². The van der Waals surface area contributed by atoms with Crippen LogP contribution in [0.2, 0.25) is 5.02 Å². The number of anilines is 1. The van der Waals surface area contributed by atoms with Gasteiger partial charge in [0, 0.05) is 26.3 Å². The van der Waals surface area contributed by atoms with Crippen molar-refractivity contribution in [3.63, 3.8) is 0 Å². The van der Waals surface area contributed by atoms with Crippen LogP contribution in [0.25, 0.3) is 0 Å². The number of pyridine rings is 1. The minimum Gasteiger partial charge on any atom is -0.373 e. The number of hydrogen-bond donors (Lipinski definition) is 2. The summed E-state index contributed by atoms with van der Waals surface area (Å²) in [6, 6.07) is 1.67. The zero-order valence-corrected chi connectivity index (χ0v) is 13.4. The Balaban J connectivity index is 1.86. The minimum absolute atomic E-state index is 0.146. The first-order valence-corrected chi connectivity index (χ1v) is 7.81. The van der Waals surface area contributed by atoms with Crippen LogP contribution in [0, 0.1) is 5.92 Å². The lowest BCUT2D eigenvalue weighted by Gasteiger charge is -2.20. The van der Waals surface area contributed by atoms with Crippen LogP contribution < -0.4 is 10.6 Å². The summed E-state index contributed by atoms with van der Waals surface area (Å²) < 4.78 is 0. The Kier molecular flexibility index (Phi) is 5.82. The van der Waals surface area contributed by atoms with E-state index in [0.717, 1.165) is 6.54 Å². The van der Waals surface area contributed by atoms with Crippen LogP contribution in [0.3, 0.4) is 0 Å². The molecular formula is C15H23ClN4O. The quantitative estimate of drug-likeness (QED) is 0.846. The number of carbonyl (C=O) groups is 1. The third-order valence-electron chi connectivity index (χ3n) is 3.74. The third-order valence-corrected chi connectivity index (χ3v) is 4.04. The topological polar surface area (TPSA) is 57.3 Å². The van der Waals surface area contributed by atoms with Crippen LogP contribution in [0.4, 0.5) is 5.82 Å². The van der Waals surface area contributed by atoms with Gasteiger partial charge in [-0.1, -0.05) is 18.5 Å². The molecular weight excluding hydrogens is 288 g/mol. The predicted molar refractivity (Wildman–Crippen MR) is 86.0 cm³/mol. The molecule has 0 saturated carbocycles. The largest absolute Gasteiger partial charge is 0.373 e. The average molecular weight is 311 g/mol. The smallest absolute Gasteiger partial charge is 0.253 e. The van der Waals surface area contributed by atoms with E-state index < -0.39 is 0 Å². The lowest BCUT2D eigenvalue weighted by molar-refractivity contribution is 0.0945. The first-order chi connectivity index (χ1) is 10.1. The molecule has 0 radical (unpaired) electrons. The predicted octanol–water partition coefficient (Wildman–Crippen LogP) is 2.24. The molecule has 1 aromatic rings. The summed E-state index contributed by atoms with van der Waals surface area (Å²) in [5, 5.41) is 6.24. The second-order valence-electron chi connectivity index (χ2n) is 5.62. The van der Waals surface area contributed by atoms with Crippen molar-refractivity contribution in [1.82, 2.24) is 15.2 Å². The van der Waals surface area contributed by atoms with Gasteiger partial charge < -0.3 is 15.5 Å². The van der Waals surface area contributed by atoms with Gasteiger partial charge in [-0.2, -0.15) is 0 Å². The molecule has 0 spiro atoms. The maximum absolute atomic E-state index is 12.2. The molecule has 0 aromatic carbocycles. The minimum atomic E-state index is -0.146. The maximum atomic E-state index is 12.2. The Morgan fingerprint density at radius 3 is 2.86 bits per heavy atom. The second kappa shape index (κ2) is 7.61. The van der Waals surface area contributed by atoms with Crippen molar-refractivity contribution >= 4 is 23.3 Å². The normalized spacial score (nSPS) is 16.7. The van der Waals surface area contributed by atoms with Crippen LogP contribution in [0.1, 0.15) is 30.1 Å². The van der Waals surface area contributed by atoms with Gasteiger partial charge >= 0.3 is 0 Å². The van der Waals surface area contributed by atoms with Crippen LogP contribution in [0.15, 0.2) is 12.3 Å². The van der Waals surface area contributed by atoms with Crippen molar-refractivity contribution in [1.29, 1.82) is 0 Å². The lowest BCUT2D eigenvalue weighted by atomic mass is 10.1. The second-order valence-corrected chi connectivity index (χ2v) is 6.03. The van der Waals surface area contributed by atoms with Gasteiger partial charge in [-0.15, -0.1) is 0 Å². The molecule has 1 amide bonds.